The van der Waals surface area contributed by atoms with E-state index in [0.29, 0.717) is 11.1 Å². The molecule has 5 atom stereocenters. The summed E-state index contributed by atoms with van der Waals surface area (Å²) in [5.41, 5.74) is -0.908. The first-order chi connectivity index (χ1) is 15.7. The predicted octanol–water partition coefficient (Wildman–Crippen LogP) is 2.54. The van der Waals surface area contributed by atoms with Crippen molar-refractivity contribution in [2.75, 3.05) is 0 Å². The SMILES string of the molecule is B[C@@H]1O[C@]2(CC(=O)OCc3ccccc3)C(C(=O)OCc3ccccc3)[C@@H]1OC2C(F)(F)F. The summed E-state index contributed by atoms with van der Waals surface area (Å²) < 4.78 is 63.0. The molecule has 6 nitrogen and oxygen atoms in total. The second-order valence-electron chi connectivity index (χ2n) is 8.19. The fourth-order valence-corrected chi connectivity index (χ4v) is 4.49. The molecule has 0 N–H and O–H groups in total. The van der Waals surface area contributed by atoms with Crippen molar-refractivity contribution in [1.82, 2.24) is 0 Å². The van der Waals surface area contributed by atoms with Crippen molar-refractivity contribution < 1.29 is 41.7 Å². The minimum absolute atomic E-state index is 0.116. The molecule has 2 aliphatic rings. The molecular weight excluding hydrogens is 440 g/mol. The minimum atomic E-state index is -4.85. The van der Waals surface area contributed by atoms with Gasteiger partial charge in [-0.2, -0.15) is 13.2 Å². The van der Waals surface area contributed by atoms with Crippen molar-refractivity contribution in [3.63, 3.8) is 0 Å². The van der Waals surface area contributed by atoms with Crippen molar-refractivity contribution in [3.05, 3.63) is 71.8 Å². The molecule has 33 heavy (non-hydrogen) atoms. The molecular formula is C23H22BF3O6. The largest absolute Gasteiger partial charge is 0.461 e. The fraction of sp³-hybridized carbons (Fsp3) is 0.391. The number of hydrogen-bond donors (Lipinski definition) is 0. The van der Waals surface area contributed by atoms with Gasteiger partial charge in [-0.25, -0.2) is 0 Å². The third kappa shape index (κ3) is 4.77. The molecule has 2 unspecified atom stereocenters. The summed E-state index contributed by atoms with van der Waals surface area (Å²) in [5.74, 6) is -3.25. The molecule has 0 spiro atoms. The molecule has 2 aliphatic heterocycles. The molecule has 10 heteroatoms. The van der Waals surface area contributed by atoms with Crippen LogP contribution in [-0.4, -0.2) is 49.8 Å². The van der Waals surface area contributed by atoms with Gasteiger partial charge in [-0.3, -0.25) is 9.59 Å². The molecule has 0 amide bonds. The second-order valence-corrected chi connectivity index (χ2v) is 8.19. The Hall–Kier alpha value is -2.85. The van der Waals surface area contributed by atoms with Gasteiger partial charge in [0.1, 0.15) is 32.6 Å². The third-order valence-electron chi connectivity index (χ3n) is 5.90. The molecule has 2 bridgehead atoms. The molecule has 0 aromatic heterocycles. The normalized spacial score (nSPS) is 28.5. The van der Waals surface area contributed by atoms with Gasteiger partial charge in [-0.15, -0.1) is 0 Å². The van der Waals surface area contributed by atoms with E-state index in [2.05, 4.69) is 0 Å². The van der Waals surface area contributed by atoms with Crippen LogP contribution in [0.4, 0.5) is 13.2 Å². The van der Waals surface area contributed by atoms with E-state index < -0.39 is 54.3 Å². The lowest BCUT2D eigenvalue weighted by Gasteiger charge is -2.37. The van der Waals surface area contributed by atoms with Crippen LogP contribution in [0.15, 0.2) is 60.7 Å². The number of esters is 2. The Bertz CT molecular complexity index is 987. The standard InChI is InChI=1S/C23H22BF3O6/c24-19-18-17(20(29)31-13-15-9-5-2-6-10-15)22(33-19,21(32-18)23(25,26)27)11-16(28)30-12-14-7-3-1-4-8-14/h1-10,17-19,21H,11-13,24H2/t17?,18-,19+,21?,22+/m0/s1. The van der Waals surface area contributed by atoms with Crippen molar-refractivity contribution in [2.45, 2.75) is 49.6 Å². The number of benzene rings is 2. The average molecular weight is 462 g/mol. The highest BCUT2D eigenvalue weighted by molar-refractivity contribution is 6.12. The lowest BCUT2D eigenvalue weighted by molar-refractivity contribution is -0.287. The maximum Gasteiger partial charge on any atom is 0.417 e. The van der Waals surface area contributed by atoms with E-state index in [4.69, 9.17) is 18.9 Å². The Morgan fingerprint density at radius 2 is 1.48 bits per heavy atom. The van der Waals surface area contributed by atoms with E-state index in [1.807, 2.05) is 0 Å². The number of ether oxygens (including phenoxy) is 4. The molecule has 2 aromatic carbocycles. The van der Waals surface area contributed by atoms with Crippen LogP contribution >= 0.6 is 0 Å². The number of carbonyl (C=O) groups excluding carboxylic acids is 2. The van der Waals surface area contributed by atoms with Crippen LogP contribution in [0.5, 0.6) is 0 Å². The smallest absolute Gasteiger partial charge is 0.417 e. The Balaban J connectivity index is 1.54. The molecule has 0 aliphatic carbocycles. The van der Waals surface area contributed by atoms with Gasteiger partial charge in [0.05, 0.1) is 18.5 Å². The quantitative estimate of drug-likeness (QED) is 0.466. The highest BCUT2D eigenvalue weighted by atomic mass is 19.4. The Morgan fingerprint density at radius 1 is 0.939 bits per heavy atom. The topological polar surface area (TPSA) is 71.1 Å². The van der Waals surface area contributed by atoms with Gasteiger partial charge >= 0.3 is 18.1 Å². The fourth-order valence-electron chi connectivity index (χ4n) is 4.49. The van der Waals surface area contributed by atoms with Crippen molar-refractivity contribution >= 4 is 19.8 Å². The zero-order valence-electron chi connectivity index (χ0n) is 17.8. The maximum atomic E-state index is 13.9. The first-order valence-corrected chi connectivity index (χ1v) is 10.5. The van der Waals surface area contributed by atoms with E-state index in [-0.39, 0.29) is 13.2 Å². The molecule has 2 saturated heterocycles. The summed E-state index contributed by atoms with van der Waals surface area (Å²) in [7, 11) is 1.51. The zero-order chi connectivity index (χ0) is 23.6. The lowest BCUT2D eigenvalue weighted by Crippen LogP contribution is -2.56. The summed E-state index contributed by atoms with van der Waals surface area (Å²) in [4.78, 5) is 25.6. The molecule has 4 rings (SSSR count). The van der Waals surface area contributed by atoms with Crippen LogP contribution < -0.4 is 0 Å². The molecule has 174 valence electrons. The minimum Gasteiger partial charge on any atom is -0.461 e. The van der Waals surface area contributed by atoms with E-state index in [9.17, 15) is 22.8 Å². The summed E-state index contributed by atoms with van der Waals surface area (Å²) >= 11 is 0. The predicted molar refractivity (Wildman–Crippen MR) is 111 cm³/mol. The molecule has 2 fully saturated rings. The van der Waals surface area contributed by atoms with Gasteiger partial charge in [0.2, 0.25) is 0 Å². The van der Waals surface area contributed by atoms with Crippen LogP contribution in [0, 0.1) is 5.92 Å². The molecule has 0 saturated carbocycles. The Labute approximate surface area is 189 Å². The number of halogens is 3. The van der Waals surface area contributed by atoms with Gasteiger partial charge in [-0.05, 0) is 11.1 Å². The van der Waals surface area contributed by atoms with Crippen LogP contribution in [0.2, 0.25) is 0 Å². The lowest BCUT2D eigenvalue weighted by atomic mass is 9.79. The molecule has 2 heterocycles. The summed E-state index contributed by atoms with van der Waals surface area (Å²) in [6.45, 7) is -0.238. The molecule has 0 radical (unpaired) electrons. The molecule has 2 aromatic rings. The van der Waals surface area contributed by atoms with Gasteiger partial charge < -0.3 is 18.9 Å². The number of rotatable bonds is 7. The summed E-state index contributed by atoms with van der Waals surface area (Å²) in [6.07, 6.45) is -9.30. The Kier molecular flexibility index (Phi) is 6.49. The van der Waals surface area contributed by atoms with Crippen molar-refractivity contribution in [2.24, 2.45) is 5.92 Å². The van der Waals surface area contributed by atoms with Gasteiger partial charge in [0, 0.05) is 0 Å². The second kappa shape index (κ2) is 9.19. The highest BCUT2D eigenvalue weighted by Crippen LogP contribution is 2.55. The first kappa shape index (κ1) is 23.3. The van der Waals surface area contributed by atoms with Crippen LogP contribution in [0.25, 0.3) is 0 Å². The number of hydrogen-bond acceptors (Lipinski definition) is 6. The number of alkyl halides is 3. The number of carbonyl (C=O) groups is 2. The average Bonchev–Trinajstić information content (AvgIpc) is 3.26. The van der Waals surface area contributed by atoms with Crippen LogP contribution in [0.1, 0.15) is 17.5 Å². The maximum absolute atomic E-state index is 13.9. The zero-order valence-corrected chi connectivity index (χ0v) is 17.8. The Morgan fingerprint density at radius 3 is 2.03 bits per heavy atom. The van der Waals surface area contributed by atoms with E-state index >= 15 is 0 Å². The van der Waals surface area contributed by atoms with E-state index in [0.717, 1.165) is 0 Å². The van der Waals surface area contributed by atoms with E-state index in [1.165, 1.54) is 7.85 Å². The summed E-state index contributed by atoms with van der Waals surface area (Å²) in [5, 5.41) is 0. The monoisotopic (exact) mass is 462 g/mol. The first-order valence-electron chi connectivity index (χ1n) is 10.5. The van der Waals surface area contributed by atoms with E-state index in [1.54, 1.807) is 60.7 Å². The van der Waals surface area contributed by atoms with Gasteiger partial charge in [0.25, 0.3) is 0 Å². The summed E-state index contributed by atoms with van der Waals surface area (Å²) in [6, 6.07) is 16.6. The van der Waals surface area contributed by atoms with Gasteiger partial charge in [0.15, 0.2) is 6.10 Å². The van der Waals surface area contributed by atoms with Crippen molar-refractivity contribution in [3.8, 4) is 0 Å². The highest BCUT2D eigenvalue weighted by Gasteiger charge is 2.75. The van der Waals surface area contributed by atoms with Gasteiger partial charge in [-0.1, -0.05) is 60.7 Å². The third-order valence-corrected chi connectivity index (χ3v) is 5.90. The van der Waals surface area contributed by atoms with Crippen molar-refractivity contribution in [1.29, 1.82) is 0 Å². The van der Waals surface area contributed by atoms with Crippen LogP contribution in [0.3, 0.4) is 0 Å². The van der Waals surface area contributed by atoms with Crippen LogP contribution in [-0.2, 0) is 41.8 Å². The number of fused-ring (bicyclic) bond motifs is 2.